The van der Waals surface area contributed by atoms with Crippen molar-refractivity contribution in [1.82, 2.24) is 13.8 Å². The molecule has 1 amide bonds. The quantitative estimate of drug-likeness (QED) is 0.800. The smallest absolute Gasteiger partial charge is 0.270 e. The van der Waals surface area contributed by atoms with Crippen LogP contribution >= 0.6 is 11.3 Å². The topological polar surface area (TPSA) is 62.6 Å². The molecular formula is C17H23N3O3S2. The number of nitrogens with zero attached hydrogens (tertiary/aromatic N) is 3. The molecule has 0 radical (unpaired) electrons. The second-order valence-electron chi connectivity index (χ2n) is 6.39. The van der Waals surface area contributed by atoms with Crippen LogP contribution < -0.4 is 0 Å². The Balaban J connectivity index is 1.85. The zero-order valence-corrected chi connectivity index (χ0v) is 16.3. The average Bonchev–Trinajstić information content (AvgIpc) is 3.32. The number of aromatic nitrogens is 1. The van der Waals surface area contributed by atoms with Gasteiger partial charge in [0.2, 0.25) is 10.0 Å². The largest absolute Gasteiger partial charge is 0.345 e. The molecule has 2 aromatic heterocycles. The number of sulfonamides is 1. The van der Waals surface area contributed by atoms with Gasteiger partial charge in [0.15, 0.2) is 0 Å². The first-order valence-electron chi connectivity index (χ1n) is 8.29. The van der Waals surface area contributed by atoms with E-state index in [1.54, 1.807) is 34.9 Å². The molecule has 1 unspecified atom stereocenters. The molecule has 1 aliphatic heterocycles. The summed E-state index contributed by atoms with van der Waals surface area (Å²) in [5.74, 6) is -0.189. The Morgan fingerprint density at radius 3 is 2.60 bits per heavy atom. The molecule has 0 saturated carbocycles. The zero-order valence-electron chi connectivity index (χ0n) is 14.7. The fraction of sp³-hybridized carbons (Fsp3) is 0.471. The maximum Gasteiger partial charge on any atom is 0.270 e. The van der Waals surface area contributed by atoms with Gasteiger partial charge in [-0.15, -0.1) is 11.3 Å². The van der Waals surface area contributed by atoms with Crippen molar-refractivity contribution in [3.05, 3.63) is 40.3 Å². The molecule has 0 bridgehead atoms. The molecule has 0 N–H and O–H groups in total. The molecule has 25 heavy (non-hydrogen) atoms. The number of aryl methyl sites for hydroxylation is 1. The molecule has 1 saturated heterocycles. The number of carbonyl (C=O) groups is 1. The maximum atomic E-state index is 12.9. The first kappa shape index (κ1) is 18.2. The van der Waals surface area contributed by atoms with Crippen LogP contribution in [-0.2, 0) is 17.1 Å². The Bertz CT molecular complexity index is 850. The minimum Gasteiger partial charge on any atom is -0.345 e. The molecule has 6 nitrogen and oxygen atoms in total. The van der Waals surface area contributed by atoms with E-state index in [2.05, 4.69) is 0 Å². The lowest BCUT2D eigenvalue weighted by molar-refractivity contribution is 0.0735. The van der Waals surface area contributed by atoms with E-state index in [1.165, 1.54) is 16.6 Å². The second kappa shape index (κ2) is 6.93. The lowest BCUT2D eigenvalue weighted by Crippen LogP contribution is -2.30. The Hall–Kier alpha value is -1.64. The van der Waals surface area contributed by atoms with Crippen molar-refractivity contribution in [2.24, 2.45) is 7.05 Å². The number of amides is 1. The molecular weight excluding hydrogens is 358 g/mol. The monoisotopic (exact) mass is 381 g/mol. The van der Waals surface area contributed by atoms with Crippen LogP contribution in [0.25, 0.3) is 0 Å². The molecule has 8 heteroatoms. The Morgan fingerprint density at radius 2 is 2.00 bits per heavy atom. The molecule has 0 aliphatic carbocycles. The van der Waals surface area contributed by atoms with E-state index < -0.39 is 10.0 Å². The summed E-state index contributed by atoms with van der Waals surface area (Å²) in [6.45, 7) is 3.07. The summed E-state index contributed by atoms with van der Waals surface area (Å²) in [7, 11) is -0.0666. The minimum atomic E-state index is -3.52. The van der Waals surface area contributed by atoms with Gasteiger partial charge in [0.25, 0.3) is 5.91 Å². The SMILES string of the molecule is CC(c1cccs1)N(C)C(=O)c1cc(S(=O)(=O)N2CCCC2)cn1C. The summed E-state index contributed by atoms with van der Waals surface area (Å²) in [5.41, 5.74) is 0.378. The van der Waals surface area contributed by atoms with E-state index in [-0.39, 0.29) is 16.8 Å². The van der Waals surface area contributed by atoms with E-state index >= 15 is 0 Å². The molecule has 136 valence electrons. The van der Waals surface area contributed by atoms with Crippen molar-refractivity contribution in [2.45, 2.75) is 30.7 Å². The van der Waals surface area contributed by atoms with E-state index in [1.807, 2.05) is 24.4 Å². The highest BCUT2D eigenvalue weighted by Gasteiger charge is 2.30. The van der Waals surface area contributed by atoms with Crippen LogP contribution in [0.5, 0.6) is 0 Å². The Labute approximate surface area is 152 Å². The second-order valence-corrected chi connectivity index (χ2v) is 9.31. The highest BCUT2D eigenvalue weighted by Crippen LogP contribution is 2.27. The van der Waals surface area contributed by atoms with Gasteiger partial charge in [0.1, 0.15) is 10.6 Å². The fourth-order valence-electron chi connectivity index (χ4n) is 3.04. The van der Waals surface area contributed by atoms with Crippen molar-refractivity contribution >= 4 is 27.3 Å². The van der Waals surface area contributed by atoms with Gasteiger partial charge in [-0.3, -0.25) is 4.79 Å². The van der Waals surface area contributed by atoms with Gasteiger partial charge in [0.05, 0.1) is 6.04 Å². The molecule has 0 aromatic carbocycles. The van der Waals surface area contributed by atoms with Crippen molar-refractivity contribution in [3.63, 3.8) is 0 Å². The normalized spacial score (nSPS) is 16.9. The van der Waals surface area contributed by atoms with E-state index in [9.17, 15) is 13.2 Å². The summed E-state index contributed by atoms with van der Waals surface area (Å²) in [5, 5.41) is 1.98. The molecule has 0 spiro atoms. The fourth-order valence-corrected chi connectivity index (χ4v) is 5.46. The van der Waals surface area contributed by atoms with Crippen LogP contribution in [0.15, 0.2) is 34.7 Å². The van der Waals surface area contributed by atoms with Crippen molar-refractivity contribution in [3.8, 4) is 0 Å². The number of thiophene rings is 1. The standard InChI is InChI=1S/C17H23N3O3S2/c1-13(16-7-6-10-24-16)19(3)17(21)15-11-14(12-18(15)2)25(22,23)20-8-4-5-9-20/h6-7,10-13H,4-5,8-9H2,1-3H3. The van der Waals surface area contributed by atoms with Gasteiger partial charge in [-0.2, -0.15) is 4.31 Å². The summed E-state index contributed by atoms with van der Waals surface area (Å²) in [6.07, 6.45) is 3.31. The van der Waals surface area contributed by atoms with Gasteiger partial charge in [-0.25, -0.2) is 8.42 Å². The highest BCUT2D eigenvalue weighted by molar-refractivity contribution is 7.89. The number of hydrogen-bond acceptors (Lipinski definition) is 4. The molecule has 3 rings (SSSR count). The lowest BCUT2D eigenvalue weighted by Gasteiger charge is -2.24. The zero-order chi connectivity index (χ0) is 18.2. The van der Waals surface area contributed by atoms with Gasteiger partial charge >= 0.3 is 0 Å². The first-order chi connectivity index (χ1) is 11.8. The third-order valence-electron chi connectivity index (χ3n) is 4.76. The highest BCUT2D eigenvalue weighted by atomic mass is 32.2. The van der Waals surface area contributed by atoms with Gasteiger partial charge in [-0.1, -0.05) is 6.07 Å². The molecule has 1 fully saturated rings. The number of rotatable bonds is 5. The predicted molar refractivity (Wildman–Crippen MR) is 98.2 cm³/mol. The molecule has 1 aliphatic rings. The summed E-state index contributed by atoms with van der Waals surface area (Å²) < 4.78 is 28.5. The van der Waals surface area contributed by atoms with Crippen molar-refractivity contribution in [1.29, 1.82) is 0 Å². The van der Waals surface area contributed by atoms with Crippen LogP contribution in [0.3, 0.4) is 0 Å². The maximum absolute atomic E-state index is 12.9. The molecule has 3 heterocycles. The lowest BCUT2D eigenvalue weighted by atomic mass is 10.2. The van der Waals surface area contributed by atoms with Crippen LogP contribution in [0, 0.1) is 0 Å². The summed E-state index contributed by atoms with van der Waals surface area (Å²) in [6, 6.07) is 5.38. The third-order valence-corrected chi connectivity index (χ3v) is 7.66. The predicted octanol–water partition coefficient (Wildman–Crippen LogP) is 2.70. The minimum absolute atomic E-state index is 0.0685. The Morgan fingerprint density at radius 1 is 1.32 bits per heavy atom. The van der Waals surface area contributed by atoms with Crippen LogP contribution in [0.2, 0.25) is 0 Å². The first-order valence-corrected chi connectivity index (χ1v) is 10.6. The Kier molecular flexibility index (Phi) is 5.04. The van der Waals surface area contributed by atoms with Gasteiger partial charge in [0, 0.05) is 38.3 Å². The number of hydrogen-bond donors (Lipinski definition) is 0. The molecule has 2 aromatic rings. The molecule has 1 atom stereocenters. The van der Waals surface area contributed by atoms with E-state index in [0.717, 1.165) is 17.7 Å². The van der Waals surface area contributed by atoms with Crippen molar-refractivity contribution in [2.75, 3.05) is 20.1 Å². The van der Waals surface area contributed by atoms with Gasteiger partial charge in [-0.05, 0) is 37.3 Å². The third kappa shape index (κ3) is 3.38. The van der Waals surface area contributed by atoms with Crippen LogP contribution in [0.4, 0.5) is 0 Å². The van der Waals surface area contributed by atoms with Gasteiger partial charge < -0.3 is 9.47 Å². The van der Waals surface area contributed by atoms with Crippen LogP contribution in [-0.4, -0.2) is 48.2 Å². The number of carbonyl (C=O) groups excluding carboxylic acids is 1. The van der Waals surface area contributed by atoms with E-state index in [0.29, 0.717) is 18.8 Å². The van der Waals surface area contributed by atoms with Crippen LogP contribution in [0.1, 0.15) is 41.2 Å². The van der Waals surface area contributed by atoms with E-state index in [4.69, 9.17) is 0 Å². The summed E-state index contributed by atoms with van der Waals surface area (Å²) >= 11 is 1.60. The van der Waals surface area contributed by atoms with Crippen molar-refractivity contribution < 1.29 is 13.2 Å². The average molecular weight is 382 g/mol. The summed E-state index contributed by atoms with van der Waals surface area (Å²) in [4.78, 5) is 15.8.